The van der Waals surface area contributed by atoms with Crippen LogP contribution >= 0.6 is 0 Å². The second kappa shape index (κ2) is 8.45. The smallest absolute Gasteiger partial charge is 0.224 e. The number of β-amino-alcohol motifs (C(OH)–C–C–N with tert-alkyl or cyclic N) is 1. The molecule has 1 aromatic rings. The van der Waals surface area contributed by atoms with Crippen LogP contribution < -0.4 is 5.32 Å². The fourth-order valence-corrected chi connectivity index (χ4v) is 3.75. The lowest BCUT2D eigenvalue weighted by atomic mass is 9.97. The van der Waals surface area contributed by atoms with Gasteiger partial charge in [0.15, 0.2) is 0 Å². The lowest BCUT2D eigenvalue weighted by Gasteiger charge is -2.24. The number of allylic oxidation sites excluding steroid dienone is 1. The highest BCUT2D eigenvalue weighted by atomic mass is 16.3. The van der Waals surface area contributed by atoms with Gasteiger partial charge in [-0.3, -0.25) is 9.69 Å². The number of carbonyl (C=O) groups excluding carboxylic acids is 1. The molecule has 1 saturated heterocycles. The van der Waals surface area contributed by atoms with E-state index >= 15 is 0 Å². The first kappa shape index (κ1) is 17.2. The van der Waals surface area contributed by atoms with E-state index in [1.165, 1.54) is 24.0 Å². The van der Waals surface area contributed by atoms with Crippen LogP contribution in [-0.4, -0.2) is 41.1 Å². The van der Waals surface area contributed by atoms with Gasteiger partial charge in [-0.25, -0.2) is 0 Å². The van der Waals surface area contributed by atoms with Crippen LogP contribution in [0.3, 0.4) is 0 Å². The molecule has 0 radical (unpaired) electrons. The predicted octanol–water partition coefficient (Wildman–Crippen LogP) is 2.63. The monoisotopic (exact) mass is 328 g/mol. The van der Waals surface area contributed by atoms with E-state index in [4.69, 9.17) is 0 Å². The third kappa shape index (κ3) is 4.92. The van der Waals surface area contributed by atoms with Crippen molar-refractivity contribution in [1.29, 1.82) is 0 Å². The third-order valence-corrected chi connectivity index (χ3v) is 5.04. The molecule has 1 heterocycles. The number of nitrogens with one attached hydrogen (secondary N) is 1. The number of likely N-dealkylation sites (tertiary alicyclic amines) is 1. The van der Waals surface area contributed by atoms with Gasteiger partial charge >= 0.3 is 0 Å². The van der Waals surface area contributed by atoms with Crippen molar-refractivity contribution >= 4 is 5.91 Å². The molecule has 1 aromatic carbocycles. The molecule has 130 valence electrons. The summed E-state index contributed by atoms with van der Waals surface area (Å²) in [5, 5.41) is 13.1. The van der Waals surface area contributed by atoms with Crippen molar-refractivity contribution in [3.8, 4) is 0 Å². The Balaban J connectivity index is 1.49. The molecule has 3 rings (SSSR count). The van der Waals surface area contributed by atoms with Gasteiger partial charge in [-0.05, 0) is 37.7 Å². The van der Waals surface area contributed by atoms with E-state index in [0.29, 0.717) is 19.5 Å². The van der Waals surface area contributed by atoms with Crippen molar-refractivity contribution in [2.45, 2.75) is 57.2 Å². The summed E-state index contributed by atoms with van der Waals surface area (Å²) >= 11 is 0. The van der Waals surface area contributed by atoms with Crippen LogP contribution in [0.5, 0.6) is 0 Å². The minimum absolute atomic E-state index is 0.115. The molecular weight excluding hydrogens is 300 g/mol. The zero-order valence-corrected chi connectivity index (χ0v) is 14.3. The van der Waals surface area contributed by atoms with E-state index in [-0.39, 0.29) is 18.1 Å². The minimum atomic E-state index is -0.295. The van der Waals surface area contributed by atoms with Crippen molar-refractivity contribution in [3.05, 3.63) is 47.5 Å². The molecule has 0 spiro atoms. The topological polar surface area (TPSA) is 52.6 Å². The van der Waals surface area contributed by atoms with Gasteiger partial charge in [0.05, 0.1) is 6.10 Å². The van der Waals surface area contributed by atoms with Gasteiger partial charge in [-0.2, -0.15) is 0 Å². The van der Waals surface area contributed by atoms with Crippen LogP contribution in [0, 0.1) is 0 Å². The second-order valence-electron chi connectivity index (χ2n) is 7.05. The van der Waals surface area contributed by atoms with E-state index < -0.39 is 0 Å². The number of amides is 1. The first-order valence-corrected chi connectivity index (χ1v) is 9.11. The van der Waals surface area contributed by atoms with Crippen LogP contribution in [-0.2, 0) is 11.3 Å². The van der Waals surface area contributed by atoms with E-state index in [1.54, 1.807) is 0 Å². The first-order valence-electron chi connectivity index (χ1n) is 9.11. The summed E-state index contributed by atoms with van der Waals surface area (Å²) in [6.07, 6.45) is 7.83. The molecule has 1 aliphatic heterocycles. The second-order valence-corrected chi connectivity index (χ2v) is 7.05. The number of rotatable bonds is 6. The van der Waals surface area contributed by atoms with E-state index in [1.807, 2.05) is 18.2 Å². The normalized spacial score (nSPS) is 24.6. The van der Waals surface area contributed by atoms with Crippen LogP contribution in [0.2, 0.25) is 0 Å². The summed E-state index contributed by atoms with van der Waals surface area (Å²) in [5.74, 6) is 0.115. The van der Waals surface area contributed by atoms with Gasteiger partial charge in [0, 0.05) is 32.1 Å². The van der Waals surface area contributed by atoms with Crippen LogP contribution in [0.1, 0.15) is 44.1 Å². The summed E-state index contributed by atoms with van der Waals surface area (Å²) in [6.45, 7) is 2.13. The Bertz CT molecular complexity index is 570. The van der Waals surface area contributed by atoms with Crippen LogP contribution in [0.25, 0.3) is 0 Å². The van der Waals surface area contributed by atoms with Crippen LogP contribution in [0.15, 0.2) is 42.0 Å². The molecule has 0 bridgehead atoms. The Hall–Kier alpha value is -1.65. The van der Waals surface area contributed by atoms with Gasteiger partial charge in [0.1, 0.15) is 0 Å². The highest BCUT2D eigenvalue weighted by molar-refractivity contribution is 5.78. The summed E-state index contributed by atoms with van der Waals surface area (Å²) in [4.78, 5) is 14.5. The highest BCUT2D eigenvalue weighted by Crippen LogP contribution is 2.21. The molecule has 24 heavy (non-hydrogen) atoms. The molecule has 1 amide bonds. The first-order chi connectivity index (χ1) is 11.7. The number of aliphatic hydroxyl groups is 1. The number of benzene rings is 1. The van der Waals surface area contributed by atoms with Gasteiger partial charge in [-0.1, -0.05) is 42.0 Å². The highest BCUT2D eigenvalue weighted by Gasteiger charge is 2.30. The lowest BCUT2D eigenvalue weighted by molar-refractivity contribution is -0.120. The van der Waals surface area contributed by atoms with Gasteiger partial charge in [0.25, 0.3) is 0 Å². The quantitative estimate of drug-likeness (QED) is 0.789. The van der Waals surface area contributed by atoms with Crippen LogP contribution in [0.4, 0.5) is 0 Å². The van der Waals surface area contributed by atoms with Crippen molar-refractivity contribution in [3.63, 3.8) is 0 Å². The average Bonchev–Trinajstić information content (AvgIpc) is 2.94. The molecule has 4 nitrogen and oxygen atoms in total. The fraction of sp³-hybridized carbons (Fsp3) is 0.550. The third-order valence-electron chi connectivity index (χ3n) is 5.04. The minimum Gasteiger partial charge on any atom is -0.392 e. The van der Waals surface area contributed by atoms with Gasteiger partial charge < -0.3 is 10.4 Å². The molecule has 2 N–H and O–H groups in total. The van der Waals surface area contributed by atoms with E-state index in [9.17, 15) is 9.90 Å². The molecule has 0 saturated carbocycles. The maximum absolute atomic E-state index is 12.2. The van der Waals surface area contributed by atoms with Crippen molar-refractivity contribution < 1.29 is 9.90 Å². The number of carbonyl (C=O) groups is 1. The number of nitrogens with zero attached hydrogens (tertiary/aromatic N) is 1. The SMILES string of the molecule is O=C(CC1=CCCCC1)NC[C@H]1C[C@@H](O)CN1Cc1ccccc1. The van der Waals surface area contributed by atoms with Crippen molar-refractivity contribution in [1.82, 2.24) is 10.2 Å². The van der Waals surface area contributed by atoms with Gasteiger partial charge in [0.2, 0.25) is 5.91 Å². The maximum Gasteiger partial charge on any atom is 0.224 e. The Morgan fingerprint density at radius 3 is 2.83 bits per heavy atom. The number of hydrogen-bond donors (Lipinski definition) is 2. The Morgan fingerprint density at radius 2 is 2.08 bits per heavy atom. The molecule has 2 aliphatic rings. The summed E-state index contributed by atoms with van der Waals surface area (Å²) in [6, 6.07) is 10.5. The summed E-state index contributed by atoms with van der Waals surface area (Å²) < 4.78 is 0. The van der Waals surface area contributed by atoms with Crippen molar-refractivity contribution in [2.24, 2.45) is 0 Å². The number of aliphatic hydroxyl groups excluding tert-OH is 1. The molecule has 2 atom stereocenters. The van der Waals surface area contributed by atoms with E-state index in [2.05, 4.69) is 28.4 Å². The fourth-order valence-electron chi connectivity index (χ4n) is 3.75. The molecule has 0 aromatic heterocycles. The molecular formula is C20H28N2O2. The Morgan fingerprint density at radius 1 is 1.25 bits per heavy atom. The maximum atomic E-state index is 12.2. The number of hydrogen-bond acceptors (Lipinski definition) is 3. The zero-order chi connectivity index (χ0) is 16.8. The van der Waals surface area contributed by atoms with Gasteiger partial charge in [-0.15, -0.1) is 0 Å². The zero-order valence-electron chi connectivity index (χ0n) is 14.3. The summed E-state index contributed by atoms with van der Waals surface area (Å²) in [7, 11) is 0. The molecule has 1 aliphatic carbocycles. The largest absolute Gasteiger partial charge is 0.392 e. The van der Waals surface area contributed by atoms with E-state index in [0.717, 1.165) is 25.8 Å². The predicted molar refractivity (Wildman–Crippen MR) is 95.4 cm³/mol. The van der Waals surface area contributed by atoms with Crippen molar-refractivity contribution in [2.75, 3.05) is 13.1 Å². The molecule has 0 unspecified atom stereocenters. The average molecular weight is 328 g/mol. The molecule has 4 heteroatoms. The summed E-state index contributed by atoms with van der Waals surface area (Å²) in [5.41, 5.74) is 2.53. The standard InChI is InChI=1S/C20H28N2O2/c23-19-12-18(22(15-19)14-17-9-5-2-6-10-17)13-21-20(24)11-16-7-3-1-4-8-16/h2,5-7,9-10,18-19,23H,1,3-4,8,11-15H2,(H,21,24)/t18-,19-/m1/s1. The lowest BCUT2D eigenvalue weighted by Crippen LogP contribution is -2.39. The Kier molecular flexibility index (Phi) is 6.05. The Labute approximate surface area is 144 Å². The molecule has 1 fully saturated rings.